The topological polar surface area (TPSA) is 29.5 Å². The van der Waals surface area contributed by atoms with Crippen molar-refractivity contribution in [2.75, 3.05) is 0 Å². The van der Waals surface area contributed by atoms with E-state index in [4.69, 9.17) is 4.74 Å². The zero-order valence-electron chi connectivity index (χ0n) is 11.2. The van der Waals surface area contributed by atoms with E-state index in [2.05, 4.69) is 13.8 Å². The average Bonchev–Trinajstić information content (AvgIpc) is 3.09. The number of hydrogen-bond donors (Lipinski definition) is 1. The second kappa shape index (κ2) is 4.27. The molecule has 0 aromatic heterocycles. The molecule has 0 radical (unpaired) electrons. The summed E-state index contributed by atoms with van der Waals surface area (Å²) < 4.78 is 5.72. The van der Waals surface area contributed by atoms with Gasteiger partial charge in [0.2, 0.25) is 0 Å². The van der Waals surface area contributed by atoms with Gasteiger partial charge >= 0.3 is 0 Å². The molecule has 1 N–H and O–H groups in total. The van der Waals surface area contributed by atoms with Crippen LogP contribution in [-0.2, 0) is 5.60 Å². The highest BCUT2D eigenvalue weighted by Crippen LogP contribution is 2.48. The third-order valence-electron chi connectivity index (χ3n) is 4.36. The van der Waals surface area contributed by atoms with Crippen LogP contribution >= 0.6 is 0 Å². The monoisotopic (exact) mass is 246 g/mol. The Morgan fingerprint density at radius 3 is 2.28 bits per heavy atom. The fourth-order valence-corrected chi connectivity index (χ4v) is 2.74. The smallest absolute Gasteiger partial charge is 0.119 e. The van der Waals surface area contributed by atoms with Crippen LogP contribution in [0.5, 0.6) is 5.75 Å². The molecule has 1 aromatic carbocycles. The van der Waals surface area contributed by atoms with Gasteiger partial charge in [0.05, 0.1) is 11.7 Å². The molecular formula is C16H22O2. The van der Waals surface area contributed by atoms with E-state index in [1.807, 2.05) is 24.3 Å². The van der Waals surface area contributed by atoms with E-state index < -0.39 is 5.60 Å². The van der Waals surface area contributed by atoms with Crippen LogP contribution in [0.3, 0.4) is 0 Å². The molecule has 2 aliphatic rings. The van der Waals surface area contributed by atoms with E-state index >= 15 is 0 Å². The zero-order chi connectivity index (χ0) is 12.8. The summed E-state index contributed by atoms with van der Waals surface area (Å²) in [5.41, 5.74) is 0.454. The summed E-state index contributed by atoms with van der Waals surface area (Å²) in [6.45, 7) is 4.47. The fraction of sp³-hybridized carbons (Fsp3) is 0.625. The molecule has 0 bridgehead atoms. The predicted molar refractivity (Wildman–Crippen MR) is 71.6 cm³/mol. The lowest BCUT2D eigenvalue weighted by Crippen LogP contribution is -2.43. The minimum Gasteiger partial charge on any atom is -0.490 e. The van der Waals surface area contributed by atoms with Crippen LogP contribution in [0, 0.1) is 11.8 Å². The van der Waals surface area contributed by atoms with Gasteiger partial charge in [-0.3, -0.25) is 0 Å². The standard InChI is InChI=1S/C16H22O2/c1-11(2)12-9-16(17,10-12)13-3-5-14(6-4-13)18-15-7-8-15/h3-6,11-12,15,17H,7-10H2,1-2H3. The molecular weight excluding hydrogens is 224 g/mol. The van der Waals surface area contributed by atoms with Crippen LogP contribution in [-0.4, -0.2) is 11.2 Å². The molecule has 2 nitrogen and oxygen atoms in total. The number of benzene rings is 1. The highest BCUT2D eigenvalue weighted by molar-refractivity contribution is 5.32. The lowest BCUT2D eigenvalue weighted by atomic mass is 9.63. The van der Waals surface area contributed by atoms with E-state index in [-0.39, 0.29) is 0 Å². The number of aliphatic hydroxyl groups is 1. The lowest BCUT2D eigenvalue weighted by Gasteiger charge is -2.46. The van der Waals surface area contributed by atoms with Gasteiger partial charge in [0.25, 0.3) is 0 Å². The first-order valence-electron chi connectivity index (χ1n) is 7.06. The second-order valence-corrected chi connectivity index (χ2v) is 6.29. The largest absolute Gasteiger partial charge is 0.490 e. The third-order valence-corrected chi connectivity index (χ3v) is 4.36. The first kappa shape index (κ1) is 12.0. The molecule has 2 aliphatic carbocycles. The van der Waals surface area contributed by atoms with Crippen molar-refractivity contribution in [2.24, 2.45) is 11.8 Å². The van der Waals surface area contributed by atoms with Crippen LogP contribution < -0.4 is 4.74 Å². The molecule has 18 heavy (non-hydrogen) atoms. The Balaban J connectivity index is 1.65. The summed E-state index contributed by atoms with van der Waals surface area (Å²) in [6, 6.07) is 8.03. The Kier molecular flexibility index (Phi) is 2.86. The Labute approximate surface area is 109 Å². The van der Waals surface area contributed by atoms with Gasteiger partial charge in [0, 0.05) is 0 Å². The summed E-state index contributed by atoms with van der Waals surface area (Å²) in [6.07, 6.45) is 4.60. The van der Waals surface area contributed by atoms with Crippen LogP contribution in [0.4, 0.5) is 0 Å². The highest BCUT2D eigenvalue weighted by atomic mass is 16.5. The third kappa shape index (κ3) is 2.26. The van der Waals surface area contributed by atoms with Gasteiger partial charge in [-0.1, -0.05) is 26.0 Å². The lowest BCUT2D eigenvalue weighted by molar-refractivity contribution is -0.0933. The molecule has 0 heterocycles. The molecule has 1 aromatic rings. The van der Waals surface area contributed by atoms with Crippen molar-refractivity contribution < 1.29 is 9.84 Å². The van der Waals surface area contributed by atoms with Gasteiger partial charge < -0.3 is 9.84 Å². The average molecular weight is 246 g/mol. The molecule has 0 unspecified atom stereocenters. The van der Waals surface area contributed by atoms with Crippen molar-refractivity contribution >= 4 is 0 Å². The molecule has 2 fully saturated rings. The Morgan fingerprint density at radius 2 is 1.78 bits per heavy atom. The van der Waals surface area contributed by atoms with E-state index in [1.165, 1.54) is 12.8 Å². The maximum Gasteiger partial charge on any atom is 0.119 e. The molecule has 0 atom stereocenters. The van der Waals surface area contributed by atoms with Crippen molar-refractivity contribution in [1.82, 2.24) is 0 Å². The normalized spacial score (nSPS) is 31.2. The molecule has 0 amide bonds. The first-order valence-corrected chi connectivity index (χ1v) is 7.06. The van der Waals surface area contributed by atoms with Gasteiger partial charge in [0.15, 0.2) is 0 Å². The number of ether oxygens (including phenoxy) is 1. The minimum atomic E-state index is -0.590. The van der Waals surface area contributed by atoms with Gasteiger partial charge in [-0.2, -0.15) is 0 Å². The molecule has 2 saturated carbocycles. The van der Waals surface area contributed by atoms with Crippen LogP contribution in [0.15, 0.2) is 24.3 Å². The van der Waals surface area contributed by atoms with Crippen molar-refractivity contribution in [1.29, 1.82) is 0 Å². The molecule has 0 aliphatic heterocycles. The van der Waals surface area contributed by atoms with Crippen LogP contribution in [0.25, 0.3) is 0 Å². The second-order valence-electron chi connectivity index (χ2n) is 6.29. The van der Waals surface area contributed by atoms with Gasteiger partial charge in [-0.25, -0.2) is 0 Å². The molecule has 3 rings (SSSR count). The fourth-order valence-electron chi connectivity index (χ4n) is 2.74. The summed E-state index contributed by atoms with van der Waals surface area (Å²) in [4.78, 5) is 0. The zero-order valence-corrected chi connectivity index (χ0v) is 11.2. The van der Waals surface area contributed by atoms with Gasteiger partial charge in [-0.05, 0) is 55.2 Å². The van der Waals surface area contributed by atoms with E-state index in [9.17, 15) is 5.11 Å². The van der Waals surface area contributed by atoms with Gasteiger partial charge in [-0.15, -0.1) is 0 Å². The quantitative estimate of drug-likeness (QED) is 0.881. The number of hydrogen-bond acceptors (Lipinski definition) is 2. The Morgan fingerprint density at radius 1 is 1.17 bits per heavy atom. The summed E-state index contributed by atoms with van der Waals surface area (Å²) in [5.74, 6) is 2.27. The van der Waals surface area contributed by atoms with E-state index in [0.717, 1.165) is 24.2 Å². The molecule has 98 valence electrons. The van der Waals surface area contributed by atoms with Crippen molar-refractivity contribution in [2.45, 2.75) is 51.2 Å². The SMILES string of the molecule is CC(C)C1CC(O)(c2ccc(OC3CC3)cc2)C1. The van der Waals surface area contributed by atoms with Crippen LogP contribution in [0.2, 0.25) is 0 Å². The van der Waals surface area contributed by atoms with E-state index in [0.29, 0.717) is 17.9 Å². The van der Waals surface area contributed by atoms with E-state index in [1.54, 1.807) is 0 Å². The van der Waals surface area contributed by atoms with Crippen molar-refractivity contribution in [3.63, 3.8) is 0 Å². The summed E-state index contributed by atoms with van der Waals surface area (Å²) in [5, 5.41) is 10.5. The van der Waals surface area contributed by atoms with Crippen molar-refractivity contribution in [3.8, 4) is 5.75 Å². The first-order chi connectivity index (χ1) is 8.57. The molecule has 0 saturated heterocycles. The summed E-state index contributed by atoms with van der Waals surface area (Å²) >= 11 is 0. The Hall–Kier alpha value is -1.02. The van der Waals surface area contributed by atoms with Crippen LogP contribution in [0.1, 0.15) is 45.1 Å². The number of rotatable bonds is 4. The predicted octanol–water partition coefficient (Wildman–Crippen LogP) is 3.48. The maximum absolute atomic E-state index is 10.5. The highest BCUT2D eigenvalue weighted by Gasteiger charge is 2.44. The maximum atomic E-state index is 10.5. The molecule has 0 spiro atoms. The molecule has 2 heteroatoms. The summed E-state index contributed by atoms with van der Waals surface area (Å²) in [7, 11) is 0. The van der Waals surface area contributed by atoms with Gasteiger partial charge in [0.1, 0.15) is 5.75 Å². The van der Waals surface area contributed by atoms with Crippen molar-refractivity contribution in [3.05, 3.63) is 29.8 Å². The Bertz CT molecular complexity index is 411. The minimum absolute atomic E-state index is 0.438.